The van der Waals surface area contributed by atoms with Crippen LogP contribution >= 0.6 is 11.3 Å². The molecule has 0 bridgehead atoms. The minimum absolute atomic E-state index is 0.255. The topological polar surface area (TPSA) is 66.4 Å². The molecule has 1 fully saturated rings. The van der Waals surface area contributed by atoms with E-state index in [1.165, 1.54) is 11.3 Å². The number of sulfonamides is 1. The highest BCUT2D eigenvalue weighted by molar-refractivity contribution is 7.90. The van der Waals surface area contributed by atoms with Crippen molar-refractivity contribution in [2.75, 3.05) is 0 Å². The van der Waals surface area contributed by atoms with Gasteiger partial charge in [-0.25, -0.2) is 13.1 Å². The highest BCUT2D eigenvalue weighted by atomic mass is 32.2. The Labute approximate surface area is 128 Å². The van der Waals surface area contributed by atoms with Crippen LogP contribution < -0.4 is 4.72 Å². The standard InChI is InChI=1S/C15H19NO3S2/c1-2-15(8-5-9-15)16-21(18,19)14-11-6-3-4-7-12(11)20-13(14)10-17/h3-4,6-7,16-17H,2,5,8-10H2,1H3. The summed E-state index contributed by atoms with van der Waals surface area (Å²) in [4.78, 5) is 0.764. The van der Waals surface area contributed by atoms with Gasteiger partial charge in [-0.15, -0.1) is 11.3 Å². The molecule has 1 aliphatic carbocycles. The second kappa shape index (κ2) is 5.35. The zero-order chi connectivity index (χ0) is 15.1. The normalized spacial score (nSPS) is 17.8. The van der Waals surface area contributed by atoms with Crippen LogP contribution in [0.3, 0.4) is 0 Å². The first-order valence-electron chi connectivity index (χ1n) is 7.16. The summed E-state index contributed by atoms with van der Waals surface area (Å²) in [6.07, 6.45) is 3.63. The van der Waals surface area contributed by atoms with E-state index in [-0.39, 0.29) is 17.0 Å². The van der Waals surface area contributed by atoms with Crippen LogP contribution in [0.2, 0.25) is 0 Å². The van der Waals surface area contributed by atoms with Gasteiger partial charge < -0.3 is 5.11 Å². The molecule has 0 saturated heterocycles. The molecule has 4 nitrogen and oxygen atoms in total. The first-order chi connectivity index (χ1) is 10.0. The van der Waals surface area contributed by atoms with Gasteiger partial charge in [-0.3, -0.25) is 0 Å². The number of benzene rings is 1. The van der Waals surface area contributed by atoms with Crippen molar-refractivity contribution < 1.29 is 13.5 Å². The molecule has 1 saturated carbocycles. The van der Waals surface area contributed by atoms with E-state index in [4.69, 9.17) is 0 Å². The second-order valence-corrected chi connectivity index (χ2v) is 8.36. The number of nitrogens with one attached hydrogen (secondary N) is 1. The van der Waals surface area contributed by atoms with E-state index in [0.717, 1.165) is 30.4 Å². The van der Waals surface area contributed by atoms with Gasteiger partial charge in [0.25, 0.3) is 0 Å². The maximum absolute atomic E-state index is 12.8. The third-order valence-corrected chi connectivity index (χ3v) is 7.36. The third kappa shape index (κ3) is 2.50. The predicted octanol–water partition coefficient (Wildman–Crippen LogP) is 3.00. The number of hydrogen-bond donors (Lipinski definition) is 2. The fourth-order valence-electron chi connectivity index (χ4n) is 2.94. The van der Waals surface area contributed by atoms with Crippen LogP contribution in [-0.2, 0) is 16.6 Å². The van der Waals surface area contributed by atoms with Gasteiger partial charge in [0.15, 0.2) is 0 Å². The Morgan fingerprint density at radius 3 is 2.62 bits per heavy atom. The summed E-state index contributed by atoms with van der Waals surface area (Å²) >= 11 is 1.34. The molecule has 0 radical (unpaired) electrons. The molecule has 21 heavy (non-hydrogen) atoms. The fraction of sp³-hybridized carbons (Fsp3) is 0.467. The van der Waals surface area contributed by atoms with E-state index in [0.29, 0.717) is 10.3 Å². The molecule has 0 amide bonds. The Hall–Kier alpha value is -0.950. The van der Waals surface area contributed by atoms with Crippen molar-refractivity contribution in [2.24, 2.45) is 0 Å². The number of fused-ring (bicyclic) bond motifs is 1. The molecule has 1 aliphatic rings. The van der Waals surface area contributed by atoms with Gasteiger partial charge in [0.2, 0.25) is 10.0 Å². The number of rotatable bonds is 5. The lowest BCUT2D eigenvalue weighted by atomic mass is 9.76. The number of aliphatic hydroxyl groups is 1. The molecule has 0 spiro atoms. The lowest BCUT2D eigenvalue weighted by molar-refractivity contribution is 0.213. The molecule has 6 heteroatoms. The molecule has 1 heterocycles. The molecule has 0 atom stereocenters. The zero-order valence-corrected chi connectivity index (χ0v) is 13.6. The average molecular weight is 325 g/mol. The van der Waals surface area contributed by atoms with Crippen molar-refractivity contribution in [1.29, 1.82) is 0 Å². The number of thiophene rings is 1. The number of hydrogen-bond acceptors (Lipinski definition) is 4. The summed E-state index contributed by atoms with van der Waals surface area (Å²) in [6, 6.07) is 7.40. The SMILES string of the molecule is CCC1(NS(=O)(=O)c2c(CO)sc3ccccc23)CCC1. The summed E-state index contributed by atoms with van der Waals surface area (Å²) in [5.74, 6) is 0. The van der Waals surface area contributed by atoms with E-state index in [1.807, 2.05) is 25.1 Å². The van der Waals surface area contributed by atoms with Crippen molar-refractivity contribution in [1.82, 2.24) is 4.72 Å². The van der Waals surface area contributed by atoms with Gasteiger partial charge in [-0.2, -0.15) is 0 Å². The van der Waals surface area contributed by atoms with Gasteiger partial charge in [-0.1, -0.05) is 25.1 Å². The summed E-state index contributed by atoms with van der Waals surface area (Å²) < 4.78 is 29.5. The van der Waals surface area contributed by atoms with Crippen LogP contribution in [0.1, 0.15) is 37.5 Å². The highest BCUT2D eigenvalue weighted by Crippen LogP contribution is 2.39. The minimum atomic E-state index is -3.62. The predicted molar refractivity (Wildman–Crippen MR) is 84.9 cm³/mol. The van der Waals surface area contributed by atoms with Crippen LogP contribution in [0.5, 0.6) is 0 Å². The first-order valence-corrected chi connectivity index (χ1v) is 9.46. The van der Waals surface area contributed by atoms with E-state index < -0.39 is 10.0 Å². The fourth-order valence-corrected chi connectivity index (χ4v) is 6.27. The molecular formula is C15H19NO3S2. The molecule has 0 unspecified atom stereocenters. The quantitative estimate of drug-likeness (QED) is 0.888. The molecule has 1 aromatic heterocycles. The molecule has 0 aliphatic heterocycles. The maximum atomic E-state index is 12.8. The van der Waals surface area contributed by atoms with Crippen molar-refractivity contribution in [3.05, 3.63) is 29.1 Å². The van der Waals surface area contributed by atoms with Crippen molar-refractivity contribution in [3.63, 3.8) is 0 Å². The van der Waals surface area contributed by atoms with E-state index in [2.05, 4.69) is 4.72 Å². The molecule has 2 N–H and O–H groups in total. The van der Waals surface area contributed by atoms with Crippen LogP contribution in [0.15, 0.2) is 29.2 Å². The van der Waals surface area contributed by atoms with E-state index in [1.54, 1.807) is 6.07 Å². The number of aliphatic hydroxyl groups excluding tert-OH is 1. The Morgan fingerprint density at radius 2 is 2.05 bits per heavy atom. The highest BCUT2D eigenvalue weighted by Gasteiger charge is 2.40. The second-order valence-electron chi connectivity index (χ2n) is 5.60. The van der Waals surface area contributed by atoms with E-state index >= 15 is 0 Å². The van der Waals surface area contributed by atoms with Crippen molar-refractivity contribution in [2.45, 2.75) is 49.6 Å². The lowest BCUT2D eigenvalue weighted by Crippen LogP contribution is -2.52. The first kappa shape index (κ1) is 15.0. The largest absolute Gasteiger partial charge is 0.391 e. The van der Waals surface area contributed by atoms with Crippen LogP contribution in [0.4, 0.5) is 0 Å². The Balaban J connectivity index is 2.10. The van der Waals surface area contributed by atoms with Crippen molar-refractivity contribution in [3.8, 4) is 0 Å². The Morgan fingerprint density at radius 1 is 1.33 bits per heavy atom. The van der Waals surface area contributed by atoms with Gasteiger partial charge in [0.1, 0.15) is 4.90 Å². The molecule has 114 valence electrons. The smallest absolute Gasteiger partial charge is 0.242 e. The monoisotopic (exact) mass is 325 g/mol. The maximum Gasteiger partial charge on any atom is 0.242 e. The van der Waals surface area contributed by atoms with Gasteiger partial charge in [0.05, 0.1) is 11.5 Å². The summed E-state index contributed by atoms with van der Waals surface area (Å²) in [6.45, 7) is 1.76. The van der Waals surface area contributed by atoms with E-state index in [9.17, 15) is 13.5 Å². The van der Waals surface area contributed by atoms with Crippen LogP contribution in [-0.4, -0.2) is 19.1 Å². The van der Waals surface area contributed by atoms with Crippen LogP contribution in [0.25, 0.3) is 10.1 Å². The minimum Gasteiger partial charge on any atom is -0.391 e. The third-order valence-electron chi connectivity index (χ3n) is 4.37. The molecule has 3 rings (SSSR count). The Kier molecular flexibility index (Phi) is 3.81. The summed E-state index contributed by atoms with van der Waals surface area (Å²) in [7, 11) is -3.62. The summed E-state index contributed by atoms with van der Waals surface area (Å²) in [5, 5.41) is 10.2. The van der Waals surface area contributed by atoms with Gasteiger partial charge in [0, 0.05) is 15.6 Å². The zero-order valence-electron chi connectivity index (χ0n) is 11.9. The molecule has 1 aromatic carbocycles. The average Bonchev–Trinajstić information content (AvgIpc) is 2.82. The lowest BCUT2D eigenvalue weighted by Gasteiger charge is -2.41. The molecule has 2 aromatic rings. The molecular weight excluding hydrogens is 306 g/mol. The van der Waals surface area contributed by atoms with Gasteiger partial charge in [-0.05, 0) is 31.7 Å². The summed E-state index contributed by atoms with van der Waals surface area (Å²) in [5.41, 5.74) is -0.297. The van der Waals surface area contributed by atoms with Crippen molar-refractivity contribution >= 4 is 31.4 Å². The Bertz CT molecular complexity index is 755. The van der Waals surface area contributed by atoms with Crippen LogP contribution in [0, 0.1) is 0 Å². The van der Waals surface area contributed by atoms with Gasteiger partial charge >= 0.3 is 0 Å².